The number of rotatable bonds is 2. The first kappa shape index (κ1) is 15.3. The highest BCUT2D eigenvalue weighted by Gasteiger charge is 2.19. The Bertz CT molecular complexity index is 1400. The van der Waals surface area contributed by atoms with Crippen LogP contribution in [-0.4, -0.2) is 13.0 Å². The lowest BCUT2D eigenvalue weighted by Gasteiger charge is -2.16. The Labute approximate surface area is 149 Å². The Kier molecular flexibility index (Phi) is 3.10. The summed E-state index contributed by atoms with van der Waals surface area (Å²) in [6.07, 6.45) is 7.76. The van der Waals surface area contributed by atoms with Crippen molar-refractivity contribution in [1.29, 1.82) is 0 Å². The maximum Gasteiger partial charge on any atom is 0.446 e. The predicted molar refractivity (Wildman–Crippen MR) is 100 cm³/mol. The molecule has 0 aromatic heterocycles. The van der Waals surface area contributed by atoms with Gasteiger partial charge in [-0.3, -0.25) is 9.55 Å². The van der Waals surface area contributed by atoms with Crippen LogP contribution >= 0.6 is 0 Å². The van der Waals surface area contributed by atoms with Gasteiger partial charge in [0.1, 0.15) is 5.76 Å². The second kappa shape index (κ2) is 5.27. The molecule has 1 aliphatic heterocycles. The molecule has 5 nitrogen and oxygen atoms in total. The highest BCUT2D eigenvalue weighted by atomic mass is 32.3. The molecule has 0 atom stereocenters. The third-order valence-electron chi connectivity index (χ3n) is 4.76. The van der Waals surface area contributed by atoms with Crippen LogP contribution in [0.4, 0.5) is 0 Å². The van der Waals surface area contributed by atoms with Crippen LogP contribution in [0.15, 0.2) is 59.4 Å². The second-order valence-corrected chi connectivity index (χ2v) is 7.36. The van der Waals surface area contributed by atoms with Gasteiger partial charge in [0.25, 0.3) is 0 Å². The van der Waals surface area contributed by atoms with Crippen molar-refractivity contribution < 1.29 is 17.2 Å². The van der Waals surface area contributed by atoms with Crippen molar-refractivity contribution in [3.05, 3.63) is 76.1 Å². The molecule has 6 heteroatoms. The average molecular weight is 363 g/mol. The standard InChI is InChI=1S/C20H13NO4S/c22-26(23,24)25-14-10-19-16-7-2-1-6-15(16)17-8-12-4-3-5-13(12)9-18(17)20(19)21-11-14/h1-9,11H,10H2,(H,22,23,24). The van der Waals surface area contributed by atoms with Crippen molar-refractivity contribution >= 4 is 44.1 Å². The fourth-order valence-electron chi connectivity index (χ4n) is 3.74. The van der Waals surface area contributed by atoms with Crippen molar-refractivity contribution in [3.63, 3.8) is 0 Å². The van der Waals surface area contributed by atoms with Gasteiger partial charge in [-0.15, -0.1) is 0 Å². The molecule has 1 N–H and O–H groups in total. The van der Waals surface area contributed by atoms with E-state index < -0.39 is 10.4 Å². The van der Waals surface area contributed by atoms with Crippen LogP contribution in [0.3, 0.4) is 0 Å². The van der Waals surface area contributed by atoms with Gasteiger partial charge in [-0.1, -0.05) is 42.5 Å². The molecule has 5 rings (SSSR count). The number of fused-ring (bicyclic) bond motifs is 7. The molecular formula is C20H13NO4S. The molecule has 0 saturated carbocycles. The lowest BCUT2D eigenvalue weighted by Crippen LogP contribution is -2.19. The molecule has 128 valence electrons. The molecular weight excluding hydrogens is 350 g/mol. The van der Waals surface area contributed by atoms with Gasteiger partial charge in [0.05, 0.1) is 11.6 Å². The monoisotopic (exact) mass is 363 g/mol. The Balaban J connectivity index is 1.90. The van der Waals surface area contributed by atoms with E-state index >= 15 is 0 Å². The molecule has 2 aliphatic rings. The first-order valence-corrected chi connectivity index (χ1v) is 9.46. The quantitative estimate of drug-likeness (QED) is 0.561. The second-order valence-electron chi connectivity index (χ2n) is 6.34. The minimum atomic E-state index is -4.57. The van der Waals surface area contributed by atoms with Crippen LogP contribution in [0.25, 0.3) is 33.7 Å². The molecule has 0 amide bonds. The molecule has 0 radical (unpaired) electrons. The van der Waals surface area contributed by atoms with Crippen LogP contribution in [0.2, 0.25) is 0 Å². The highest BCUT2D eigenvalue weighted by Crippen LogP contribution is 2.29. The molecule has 0 saturated heterocycles. The lowest BCUT2D eigenvalue weighted by atomic mass is 9.92. The van der Waals surface area contributed by atoms with Crippen molar-refractivity contribution in [2.45, 2.75) is 6.42 Å². The van der Waals surface area contributed by atoms with E-state index in [-0.39, 0.29) is 12.2 Å². The molecule has 0 spiro atoms. The molecule has 0 unspecified atom stereocenters. The van der Waals surface area contributed by atoms with E-state index in [1.165, 1.54) is 11.8 Å². The number of hydrogen-bond donors (Lipinski definition) is 1. The smallest absolute Gasteiger partial charge is 0.364 e. The van der Waals surface area contributed by atoms with E-state index in [0.29, 0.717) is 0 Å². The summed E-state index contributed by atoms with van der Waals surface area (Å²) in [5.41, 5.74) is 2.06. The average Bonchev–Trinajstić information content (AvgIpc) is 3.06. The van der Waals surface area contributed by atoms with Crippen LogP contribution in [0.1, 0.15) is 11.1 Å². The minimum Gasteiger partial charge on any atom is -0.364 e. The maximum absolute atomic E-state index is 11.1. The van der Waals surface area contributed by atoms with Gasteiger partial charge in [-0.05, 0) is 44.6 Å². The summed E-state index contributed by atoms with van der Waals surface area (Å²) in [5, 5.41) is 6.13. The Morgan fingerprint density at radius 1 is 1.04 bits per heavy atom. The van der Waals surface area contributed by atoms with Gasteiger partial charge >= 0.3 is 10.4 Å². The zero-order valence-corrected chi connectivity index (χ0v) is 14.3. The van der Waals surface area contributed by atoms with E-state index in [0.717, 1.165) is 37.7 Å². The van der Waals surface area contributed by atoms with E-state index in [4.69, 9.17) is 4.55 Å². The van der Waals surface area contributed by atoms with E-state index in [1.54, 1.807) is 0 Å². The number of hydrogen-bond acceptors (Lipinski definition) is 4. The molecule has 3 aromatic carbocycles. The summed E-state index contributed by atoms with van der Waals surface area (Å²) in [5.74, 6) is 0.0962. The fraction of sp³-hybridized carbons (Fsp3) is 0.0500. The van der Waals surface area contributed by atoms with Crippen LogP contribution < -0.4 is 10.6 Å². The van der Waals surface area contributed by atoms with Crippen molar-refractivity contribution in [3.8, 4) is 0 Å². The number of allylic oxidation sites excluding steroid dienone is 2. The summed E-state index contributed by atoms with van der Waals surface area (Å²) in [6, 6.07) is 12.2. The summed E-state index contributed by atoms with van der Waals surface area (Å²) in [4.78, 5) is 4.47. The molecule has 0 fully saturated rings. The van der Waals surface area contributed by atoms with Crippen molar-refractivity contribution in [1.82, 2.24) is 0 Å². The van der Waals surface area contributed by atoms with Crippen molar-refractivity contribution in [2.75, 3.05) is 0 Å². The van der Waals surface area contributed by atoms with Gasteiger partial charge in [0.2, 0.25) is 0 Å². The predicted octanol–water partition coefficient (Wildman–Crippen LogP) is 2.64. The molecule has 1 aliphatic carbocycles. The largest absolute Gasteiger partial charge is 0.446 e. The van der Waals surface area contributed by atoms with Gasteiger partial charge in [-0.2, -0.15) is 8.42 Å². The Hall–Kier alpha value is -2.96. The number of benzene rings is 3. The van der Waals surface area contributed by atoms with Crippen LogP contribution in [0, 0.1) is 0 Å². The van der Waals surface area contributed by atoms with E-state index in [9.17, 15) is 8.42 Å². The van der Waals surface area contributed by atoms with Gasteiger partial charge in [-0.25, -0.2) is 0 Å². The third-order valence-corrected chi connectivity index (χ3v) is 5.18. The van der Waals surface area contributed by atoms with Crippen LogP contribution in [-0.2, 0) is 21.0 Å². The summed E-state index contributed by atoms with van der Waals surface area (Å²) in [7, 11) is -4.57. The summed E-state index contributed by atoms with van der Waals surface area (Å²) in [6.45, 7) is 0. The van der Waals surface area contributed by atoms with E-state index in [2.05, 4.69) is 33.5 Å². The van der Waals surface area contributed by atoms with E-state index in [1.807, 2.05) is 30.3 Å². The van der Waals surface area contributed by atoms with Gasteiger partial charge in [0.15, 0.2) is 0 Å². The maximum atomic E-state index is 11.1. The fourth-order valence-corrected chi connectivity index (χ4v) is 4.11. The van der Waals surface area contributed by atoms with Gasteiger partial charge < -0.3 is 4.18 Å². The normalized spacial score (nSPS) is 15.2. The molecule has 1 heterocycles. The first-order valence-electron chi connectivity index (χ1n) is 8.09. The zero-order valence-electron chi connectivity index (χ0n) is 13.5. The van der Waals surface area contributed by atoms with Crippen LogP contribution in [0.5, 0.6) is 0 Å². The summed E-state index contributed by atoms with van der Waals surface area (Å²) >= 11 is 0. The SMILES string of the molecule is O=S(=O)(O)OC1=CN=c2c(c3ccccc3c3cc4c(cc23)=CC=C4)C1. The lowest BCUT2D eigenvalue weighted by molar-refractivity contribution is 0.325. The molecule has 0 bridgehead atoms. The highest BCUT2D eigenvalue weighted by molar-refractivity contribution is 7.81. The third kappa shape index (κ3) is 2.34. The molecule has 3 aromatic rings. The van der Waals surface area contributed by atoms with Crippen molar-refractivity contribution in [2.24, 2.45) is 4.99 Å². The Morgan fingerprint density at radius 3 is 2.65 bits per heavy atom. The summed E-state index contributed by atoms with van der Waals surface area (Å²) < 4.78 is 35.7. The Morgan fingerprint density at radius 2 is 1.85 bits per heavy atom. The topological polar surface area (TPSA) is 76.0 Å². The minimum absolute atomic E-state index is 0.0962. The first-order chi connectivity index (χ1) is 12.5. The van der Waals surface area contributed by atoms with Gasteiger partial charge in [0, 0.05) is 11.8 Å². The zero-order chi connectivity index (χ0) is 17.9. The number of nitrogens with zero attached hydrogens (tertiary/aromatic N) is 1. The molecule has 26 heavy (non-hydrogen) atoms.